The van der Waals surface area contributed by atoms with Crippen molar-refractivity contribution in [1.29, 1.82) is 0 Å². The summed E-state index contributed by atoms with van der Waals surface area (Å²) in [6.45, 7) is 5.63. The molecule has 2 rings (SSSR count). The maximum Gasteiger partial charge on any atom is 0.322 e. The molecule has 0 saturated carbocycles. The minimum Gasteiger partial charge on any atom is -0.490 e. The number of amides is 3. The van der Waals surface area contributed by atoms with Crippen LogP contribution in [-0.2, 0) is 4.79 Å². The van der Waals surface area contributed by atoms with E-state index >= 15 is 0 Å². The summed E-state index contributed by atoms with van der Waals surface area (Å²) in [4.78, 5) is 22.7. The van der Waals surface area contributed by atoms with Gasteiger partial charge in [-0.05, 0) is 31.9 Å². The van der Waals surface area contributed by atoms with Crippen molar-refractivity contribution in [3.8, 4) is 5.75 Å². The number of hydrogen-bond donors (Lipinski definition) is 2. The summed E-state index contributed by atoms with van der Waals surface area (Å²) in [5.74, 6) is 0.395. The summed E-state index contributed by atoms with van der Waals surface area (Å²) in [5, 5.41) is 4.77. The number of carbonyl (C=O) groups is 2. The summed E-state index contributed by atoms with van der Waals surface area (Å²) in [6, 6.07) is 5.35. The monoisotopic (exact) mass is 248 g/mol. The third kappa shape index (κ3) is 2.16. The van der Waals surface area contributed by atoms with Gasteiger partial charge in [-0.3, -0.25) is 10.1 Å². The number of para-hydroxylation sites is 1. The fraction of sp³-hybridized carbons (Fsp3) is 0.385. The second-order valence-electron chi connectivity index (χ2n) is 4.75. The lowest BCUT2D eigenvalue weighted by Crippen LogP contribution is -2.49. The van der Waals surface area contributed by atoms with Crippen molar-refractivity contribution in [2.45, 2.75) is 26.3 Å². The molecule has 1 heterocycles. The quantitative estimate of drug-likeness (QED) is 0.792. The first kappa shape index (κ1) is 12.4. The second-order valence-corrected chi connectivity index (χ2v) is 4.75. The number of benzene rings is 1. The average Bonchev–Trinajstić information content (AvgIpc) is 2.52. The van der Waals surface area contributed by atoms with Crippen LogP contribution in [0.5, 0.6) is 5.75 Å². The largest absolute Gasteiger partial charge is 0.490 e. The van der Waals surface area contributed by atoms with Gasteiger partial charge >= 0.3 is 6.03 Å². The Hall–Kier alpha value is -2.04. The van der Waals surface area contributed by atoms with Crippen LogP contribution in [-0.4, -0.2) is 24.1 Å². The lowest BCUT2D eigenvalue weighted by atomic mass is 10.0. The van der Waals surface area contributed by atoms with Crippen molar-refractivity contribution in [2.75, 3.05) is 6.61 Å². The fourth-order valence-corrected chi connectivity index (χ4v) is 1.92. The highest BCUT2D eigenvalue weighted by atomic mass is 16.5. The van der Waals surface area contributed by atoms with Gasteiger partial charge in [0.2, 0.25) is 0 Å². The van der Waals surface area contributed by atoms with Gasteiger partial charge < -0.3 is 10.1 Å². The number of rotatable bonds is 3. The Balaban J connectivity index is 2.13. The number of nitrogens with one attached hydrogen (secondary N) is 2. The van der Waals surface area contributed by atoms with Crippen molar-refractivity contribution in [3.05, 3.63) is 29.3 Å². The molecule has 2 N–H and O–H groups in total. The van der Waals surface area contributed by atoms with Gasteiger partial charge in [-0.15, -0.1) is 0 Å². The molecule has 1 aromatic carbocycles. The van der Waals surface area contributed by atoms with E-state index in [-0.39, 0.29) is 12.5 Å². The van der Waals surface area contributed by atoms with Gasteiger partial charge in [0, 0.05) is 0 Å². The average molecular weight is 248 g/mol. The normalized spacial score (nSPS) is 22.6. The number of ether oxygens (including phenoxy) is 1. The molecule has 1 unspecified atom stereocenters. The molecule has 18 heavy (non-hydrogen) atoms. The van der Waals surface area contributed by atoms with Crippen molar-refractivity contribution in [2.24, 2.45) is 0 Å². The number of aryl methyl sites for hydroxylation is 2. The fourth-order valence-electron chi connectivity index (χ4n) is 1.92. The molecule has 1 aromatic rings. The third-order valence-corrected chi connectivity index (χ3v) is 3.03. The highest BCUT2D eigenvalue weighted by Crippen LogP contribution is 2.24. The summed E-state index contributed by atoms with van der Waals surface area (Å²) in [6.07, 6.45) is 0. The van der Waals surface area contributed by atoms with E-state index in [9.17, 15) is 9.59 Å². The predicted molar refractivity (Wildman–Crippen MR) is 66.5 cm³/mol. The zero-order chi connectivity index (χ0) is 13.3. The number of urea groups is 1. The van der Waals surface area contributed by atoms with Gasteiger partial charge in [-0.1, -0.05) is 18.2 Å². The van der Waals surface area contributed by atoms with Gasteiger partial charge in [0.05, 0.1) is 0 Å². The van der Waals surface area contributed by atoms with Gasteiger partial charge in [0.15, 0.2) is 5.54 Å². The maximum absolute atomic E-state index is 11.6. The van der Waals surface area contributed by atoms with Gasteiger partial charge in [0.1, 0.15) is 12.4 Å². The zero-order valence-electron chi connectivity index (χ0n) is 10.7. The first-order valence-electron chi connectivity index (χ1n) is 5.75. The Morgan fingerprint density at radius 3 is 2.33 bits per heavy atom. The van der Waals surface area contributed by atoms with Gasteiger partial charge in [-0.25, -0.2) is 4.79 Å². The van der Waals surface area contributed by atoms with E-state index in [1.807, 2.05) is 32.0 Å². The van der Waals surface area contributed by atoms with Crippen LogP contribution in [0.3, 0.4) is 0 Å². The molecule has 0 spiro atoms. The molecule has 0 aromatic heterocycles. The van der Waals surface area contributed by atoms with Crippen LogP contribution in [0.1, 0.15) is 18.1 Å². The molecular formula is C13H16N2O3. The van der Waals surface area contributed by atoms with E-state index in [1.165, 1.54) is 0 Å². The number of hydrogen-bond acceptors (Lipinski definition) is 3. The Kier molecular flexibility index (Phi) is 2.98. The van der Waals surface area contributed by atoms with E-state index in [1.54, 1.807) is 6.92 Å². The Morgan fingerprint density at radius 1 is 1.22 bits per heavy atom. The molecule has 5 heteroatoms. The standard InChI is InChI=1S/C13H16N2O3/c1-8-5-4-6-9(2)10(8)18-7-13(3)11(16)14-12(17)15-13/h4-6H,7H2,1-3H3,(H2,14,15,16,17). The van der Waals surface area contributed by atoms with Crippen LogP contribution in [0, 0.1) is 13.8 Å². The maximum atomic E-state index is 11.6. The van der Waals surface area contributed by atoms with Crippen molar-refractivity contribution >= 4 is 11.9 Å². The highest BCUT2D eigenvalue weighted by Gasteiger charge is 2.42. The topological polar surface area (TPSA) is 67.4 Å². The summed E-state index contributed by atoms with van der Waals surface area (Å²) < 4.78 is 5.70. The van der Waals surface area contributed by atoms with Crippen LogP contribution >= 0.6 is 0 Å². The van der Waals surface area contributed by atoms with Crippen molar-refractivity contribution in [1.82, 2.24) is 10.6 Å². The zero-order valence-corrected chi connectivity index (χ0v) is 10.7. The summed E-state index contributed by atoms with van der Waals surface area (Å²) in [7, 11) is 0. The smallest absolute Gasteiger partial charge is 0.322 e. The first-order chi connectivity index (χ1) is 8.42. The minimum atomic E-state index is -1.01. The van der Waals surface area contributed by atoms with Crippen molar-refractivity contribution in [3.63, 3.8) is 0 Å². The lowest BCUT2D eigenvalue weighted by molar-refractivity contribution is -0.124. The lowest BCUT2D eigenvalue weighted by Gasteiger charge is -2.22. The van der Waals surface area contributed by atoms with E-state index < -0.39 is 11.6 Å². The molecule has 1 aliphatic heterocycles. The Labute approximate surface area is 106 Å². The molecule has 96 valence electrons. The van der Waals surface area contributed by atoms with Crippen LogP contribution < -0.4 is 15.4 Å². The van der Waals surface area contributed by atoms with E-state index in [0.717, 1.165) is 16.9 Å². The molecule has 3 amide bonds. The van der Waals surface area contributed by atoms with Crippen LogP contribution in [0.15, 0.2) is 18.2 Å². The minimum absolute atomic E-state index is 0.107. The number of imide groups is 1. The Morgan fingerprint density at radius 2 is 1.83 bits per heavy atom. The third-order valence-electron chi connectivity index (χ3n) is 3.03. The molecule has 0 aliphatic carbocycles. The first-order valence-corrected chi connectivity index (χ1v) is 5.75. The molecule has 1 aliphatic rings. The number of carbonyl (C=O) groups excluding carboxylic acids is 2. The van der Waals surface area contributed by atoms with E-state index in [0.29, 0.717) is 0 Å². The Bertz CT molecular complexity index is 493. The molecule has 0 bridgehead atoms. The molecule has 1 saturated heterocycles. The van der Waals surface area contributed by atoms with E-state index in [4.69, 9.17) is 4.74 Å². The second kappa shape index (κ2) is 4.33. The molecule has 0 radical (unpaired) electrons. The predicted octanol–water partition coefficient (Wildman–Crippen LogP) is 1.28. The van der Waals surface area contributed by atoms with Crippen LogP contribution in [0.4, 0.5) is 4.79 Å². The van der Waals surface area contributed by atoms with Gasteiger partial charge in [-0.2, -0.15) is 0 Å². The SMILES string of the molecule is Cc1cccc(C)c1OCC1(C)NC(=O)NC1=O. The van der Waals surface area contributed by atoms with E-state index in [2.05, 4.69) is 10.6 Å². The molecular weight excluding hydrogens is 232 g/mol. The highest BCUT2D eigenvalue weighted by molar-refractivity contribution is 6.06. The van der Waals surface area contributed by atoms with Crippen LogP contribution in [0.2, 0.25) is 0 Å². The molecule has 1 atom stereocenters. The van der Waals surface area contributed by atoms with Gasteiger partial charge in [0.25, 0.3) is 5.91 Å². The van der Waals surface area contributed by atoms with Crippen molar-refractivity contribution < 1.29 is 14.3 Å². The summed E-state index contributed by atoms with van der Waals surface area (Å²) in [5.41, 5.74) is 0.998. The summed E-state index contributed by atoms with van der Waals surface area (Å²) >= 11 is 0. The molecule has 5 nitrogen and oxygen atoms in total. The molecule has 1 fully saturated rings. The van der Waals surface area contributed by atoms with Crippen LogP contribution in [0.25, 0.3) is 0 Å².